The molecule has 1 aromatic carbocycles. The van der Waals surface area contributed by atoms with Crippen LogP contribution in [-0.2, 0) is 0 Å². The van der Waals surface area contributed by atoms with Crippen molar-refractivity contribution in [2.45, 2.75) is 122 Å². The van der Waals surface area contributed by atoms with Crippen molar-refractivity contribution in [1.29, 1.82) is 0 Å². The molecule has 0 N–H and O–H groups in total. The van der Waals surface area contributed by atoms with E-state index in [0.29, 0.717) is 88.8 Å². The second kappa shape index (κ2) is 15.5. The zero-order chi connectivity index (χ0) is 29.6. The molecular weight excluding hydrogens is 476 g/mol. The van der Waals surface area contributed by atoms with Gasteiger partial charge in [-0.15, -0.1) is 12.6 Å². The first-order chi connectivity index (χ1) is 17.4. The molecule has 0 saturated carbocycles. The summed E-state index contributed by atoms with van der Waals surface area (Å²) >= 11 is 4.73. The normalized spacial score (nSPS) is 13.8. The average molecular weight is 545 g/mol. The van der Waals surface area contributed by atoms with Crippen molar-refractivity contribution in [3.8, 4) is 0 Å². The zero-order valence-corrected chi connectivity index (χ0v) is 29.3. The van der Waals surface area contributed by atoms with Crippen molar-refractivity contribution >= 4 is 12.6 Å². The zero-order valence-electron chi connectivity index (χ0n) is 28.4. The van der Waals surface area contributed by atoms with E-state index in [-0.39, 0.29) is 0 Å². The molecule has 0 aliphatic rings. The Morgan fingerprint density at radius 3 is 0.737 bits per heavy atom. The average Bonchev–Trinajstić information content (AvgIpc) is 2.73. The standard InChI is InChI=1S/C37H68S/c1-21(2)31(22(3)4)36(32(23(5)6)24(7)8)35(29-17-19-30(38)20-18-29)37(33(25(9)10)26(11)12)34(27(13)14)28(15)16/h17-28,31-38H,1-16H3. The molecule has 1 rings (SSSR count). The second-order valence-electron chi connectivity index (χ2n) is 15.5. The van der Waals surface area contributed by atoms with E-state index in [1.165, 1.54) is 0 Å². The molecule has 0 atom stereocenters. The molecule has 1 heteroatoms. The lowest BCUT2D eigenvalue weighted by Gasteiger charge is -2.54. The molecule has 38 heavy (non-hydrogen) atoms. The molecule has 0 radical (unpaired) electrons. The predicted octanol–water partition coefficient (Wildman–Crippen LogP) is 12.0. The highest BCUT2D eigenvalue weighted by atomic mass is 32.1. The molecule has 0 aliphatic carbocycles. The Hall–Kier alpha value is -0.430. The third kappa shape index (κ3) is 8.78. The second-order valence-corrected chi connectivity index (χ2v) is 16.0. The first-order valence-electron chi connectivity index (χ1n) is 16.2. The van der Waals surface area contributed by atoms with Gasteiger partial charge >= 0.3 is 0 Å². The van der Waals surface area contributed by atoms with Gasteiger partial charge in [0, 0.05) is 4.90 Å². The van der Waals surface area contributed by atoms with Crippen LogP contribution in [0.2, 0.25) is 0 Å². The van der Waals surface area contributed by atoms with Crippen LogP contribution in [0.5, 0.6) is 0 Å². The fourth-order valence-electron chi connectivity index (χ4n) is 9.50. The Bertz CT molecular complexity index is 650. The van der Waals surface area contributed by atoms with Crippen LogP contribution in [0.3, 0.4) is 0 Å². The molecule has 0 aromatic heterocycles. The first-order valence-corrected chi connectivity index (χ1v) is 16.7. The van der Waals surface area contributed by atoms with Gasteiger partial charge in [-0.3, -0.25) is 0 Å². The van der Waals surface area contributed by atoms with Crippen molar-refractivity contribution in [2.24, 2.45) is 82.9 Å². The summed E-state index contributed by atoms with van der Waals surface area (Å²) in [6.07, 6.45) is 0. The van der Waals surface area contributed by atoms with Gasteiger partial charge in [0.1, 0.15) is 0 Å². The van der Waals surface area contributed by atoms with Gasteiger partial charge in [0.2, 0.25) is 0 Å². The van der Waals surface area contributed by atoms with Gasteiger partial charge in [-0.25, -0.2) is 0 Å². The molecule has 0 bridgehead atoms. The maximum absolute atomic E-state index is 4.73. The van der Waals surface area contributed by atoms with E-state index in [4.69, 9.17) is 12.6 Å². The third-order valence-electron chi connectivity index (χ3n) is 10.0. The SMILES string of the molecule is CC(C)C(C(C)C)C(C(c1ccc(S)cc1)C(C(C(C)C)C(C)C)C(C(C)C)C(C)C)C(C(C)C)C(C)C. The van der Waals surface area contributed by atoms with Crippen molar-refractivity contribution in [1.82, 2.24) is 0 Å². The summed E-state index contributed by atoms with van der Waals surface area (Å²) in [5.74, 6) is 9.71. The van der Waals surface area contributed by atoms with Crippen molar-refractivity contribution < 1.29 is 0 Å². The molecule has 0 nitrogen and oxygen atoms in total. The van der Waals surface area contributed by atoms with Crippen LogP contribution in [0, 0.1) is 82.9 Å². The van der Waals surface area contributed by atoms with E-state index in [0.717, 1.165) is 4.90 Å². The van der Waals surface area contributed by atoms with Crippen LogP contribution in [0.1, 0.15) is 122 Å². The molecule has 0 fully saturated rings. The molecule has 1 aromatic rings. The first kappa shape index (κ1) is 35.6. The maximum Gasteiger partial charge on any atom is 0.00401 e. The summed E-state index contributed by atoms with van der Waals surface area (Å²) in [7, 11) is 0. The van der Waals surface area contributed by atoms with E-state index in [1.54, 1.807) is 5.56 Å². The fraction of sp³-hybridized carbons (Fsp3) is 0.838. The highest BCUT2D eigenvalue weighted by molar-refractivity contribution is 7.80. The summed E-state index contributed by atoms with van der Waals surface area (Å²) in [6.45, 7) is 40.0. The quantitative estimate of drug-likeness (QED) is 0.208. The predicted molar refractivity (Wildman–Crippen MR) is 176 cm³/mol. The number of benzene rings is 1. The molecule has 0 amide bonds. The summed E-state index contributed by atoms with van der Waals surface area (Å²) in [5.41, 5.74) is 1.56. The van der Waals surface area contributed by atoms with Gasteiger partial charge < -0.3 is 0 Å². The Morgan fingerprint density at radius 2 is 0.553 bits per heavy atom. The lowest BCUT2D eigenvalue weighted by atomic mass is 9.51. The van der Waals surface area contributed by atoms with E-state index in [9.17, 15) is 0 Å². The van der Waals surface area contributed by atoms with Crippen LogP contribution in [0.4, 0.5) is 0 Å². The number of thiol groups is 1. The van der Waals surface area contributed by atoms with E-state index >= 15 is 0 Å². The minimum atomic E-state index is 0.526. The highest BCUT2D eigenvalue weighted by Crippen LogP contribution is 2.56. The van der Waals surface area contributed by atoms with Crippen LogP contribution in [0.25, 0.3) is 0 Å². The molecule has 0 heterocycles. The van der Waals surface area contributed by atoms with Crippen molar-refractivity contribution in [3.05, 3.63) is 29.8 Å². The van der Waals surface area contributed by atoms with Crippen LogP contribution in [-0.4, -0.2) is 0 Å². The summed E-state index contributed by atoms with van der Waals surface area (Å²) in [6, 6.07) is 9.44. The Morgan fingerprint density at radius 1 is 0.342 bits per heavy atom. The lowest BCUT2D eigenvalue weighted by molar-refractivity contribution is -0.0251. The molecule has 0 spiro atoms. The Balaban J connectivity index is 4.32. The lowest BCUT2D eigenvalue weighted by Crippen LogP contribution is -2.48. The Labute approximate surface area is 246 Å². The molecule has 222 valence electrons. The summed E-state index contributed by atoms with van der Waals surface area (Å²) < 4.78 is 0. The smallest absolute Gasteiger partial charge is 0.00401 e. The van der Waals surface area contributed by atoms with E-state index in [2.05, 4.69) is 135 Å². The van der Waals surface area contributed by atoms with E-state index < -0.39 is 0 Å². The highest BCUT2D eigenvalue weighted by Gasteiger charge is 2.49. The minimum absolute atomic E-state index is 0.526. The van der Waals surface area contributed by atoms with Gasteiger partial charge in [-0.1, -0.05) is 123 Å². The number of hydrogen-bond donors (Lipinski definition) is 1. The maximum atomic E-state index is 4.73. The van der Waals surface area contributed by atoms with Gasteiger partial charge in [-0.05, 0) is 106 Å². The molecule has 0 saturated heterocycles. The topological polar surface area (TPSA) is 0 Å². The monoisotopic (exact) mass is 545 g/mol. The summed E-state index contributed by atoms with van der Waals surface area (Å²) in [4.78, 5) is 1.07. The van der Waals surface area contributed by atoms with Crippen LogP contribution in [0.15, 0.2) is 29.2 Å². The van der Waals surface area contributed by atoms with Gasteiger partial charge in [0.15, 0.2) is 0 Å². The Kier molecular flexibility index (Phi) is 14.6. The van der Waals surface area contributed by atoms with E-state index in [1.807, 2.05) is 0 Å². The minimum Gasteiger partial charge on any atom is -0.143 e. The van der Waals surface area contributed by atoms with Gasteiger partial charge in [0.05, 0.1) is 0 Å². The van der Waals surface area contributed by atoms with Gasteiger partial charge in [-0.2, -0.15) is 0 Å². The van der Waals surface area contributed by atoms with Crippen molar-refractivity contribution in [3.63, 3.8) is 0 Å². The number of hydrogen-bond acceptors (Lipinski definition) is 1. The summed E-state index contributed by atoms with van der Waals surface area (Å²) in [5, 5.41) is 0. The third-order valence-corrected chi connectivity index (χ3v) is 10.3. The molecule has 0 unspecified atom stereocenters. The molecular formula is C37H68S. The fourth-order valence-corrected chi connectivity index (χ4v) is 9.65. The van der Waals surface area contributed by atoms with Gasteiger partial charge in [0.25, 0.3) is 0 Å². The van der Waals surface area contributed by atoms with Crippen LogP contribution < -0.4 is 0 Å². The largest absolute Gasteiger partial charge is 0.143 e. The van der Waals surface area contributed by atoms with Crippen molar-refractivity contribution in [2.75, 3.05) is 0 Å². The molecule has 0 aliphatic heterocycles. The number of rotatable bonds is 15. The van der Waals surface area contributed by atoms with Crippen LogP contribution >= 0.6 is 12.6 Å².